The van der Waals surface area contributed by atoms with Crippen molar-refractivity contribution in [2.24, 2.45) is 5.92 Å². The molecule has 2 atom stereocenters. The van der Waals surface area contributed by atoms with E-state index in [9.17, 15) is 0 Å². The van der Waals surface area contributed by atoms with Crippen LogP contribution in [0.4, 0.5) is 0 Å². The summed E-state index contributed by atoms with van der Waals surface area (Å²) < 4.78 is 0. The number of hydrogen-bond acceptors (Lipinski definition) is 2. The minimum atomic E-state index is 0.625. The van der Waals surface area contributed by atoms with Crippen molar-refractivity contribution < 1.29 is 0 Å². The van der Waals surface area contributed by atoms with Gasteiger partial charge in [-0.15, -0.1) is 0 Å². The molecular weight excluding hydrogens is 292 g/mol. The van der Waals surface area contributed by atoms with Gasteiger partial charge in [-0.1, -0.05) is 43.0 Å². The third-order valence-corrected chi connectivity index (χ3v) is 5.65. The lowest BCUT2D eigenvalue weighted by molar-refractivity contribution is 0.195. The number of nitrogens with zero attached hydrogens (tertiary/aromatic N) is 1. The fourth-order valence-electron chi connectivity index (χ4n) is 4.17. The van der Waals surface area contributed by atoms with E-state index in [1.54, 1.807) is 0 Å². The number of benzene rings is 1. The second kappa shape index (κ2) is 7.81. The van der Waals surface area contributed by atoms with Crippen LogP contribution in [-0.2, 0) is 0 Å². The number of rotatable bonds is 4. The number of halogens is 1. The van der Waals surface area contributed by atoms with Crippen LogP contribution in [-0.4, -0.2) is 37.6 Å². The second-order valence-electron chi connectivity index (χ2n) is 7.31. The molecule has 1 heterocycles. The van der Waals surface area contributed by atoms with Gasteiger partial charge in [-0.25, -0.2) is 0 Å². The standard InChI is InChI=1S/C19H29ClN2/c1-22-13-17(16-7-9-18(20)10-8-16)11-19(14-22)21-12-15-5-3-2-4-6-15/h7-10,15,17,19,21H,2-6,11-14H2,1H3. The predicted molar refractivity (Wildman–Crippen MR) is 94.7 cm³/mol. The maximum absolute atomic E-state index is 6.02. The van der Waals surface area contributed by atoms with Gasteiger partial charge >= 0.3 is 0 Å². The molecule has 0 amide bonds. The van der Waals surface area contributed by atoms with Gasteiger partial charge in [-0.05, 0) is 62.4 Å². The average Bonchev–Trinajstić information content (AvgIpc) is 2.54. The van der Waals surface area contributed by atoms with E-state index in [1.807, 2.05) is 12.1 Å². The molecule has 0 radical (unpaired) electrons. The Morgan fingerprint density at radius 1 is 1.09 bits per heavy atom. The Balaban J connectivity index is 1.54. The summed E-state index contributed by atoms with van der Waals surface area (Å²) in [6, 6.07) is 9.07. The van der Waals surface area contributed by atoms with Crippen LogP contribution in [0.25, 0.3) is 0 Å². The highest BCUT2D eigenvalue weighted by Crippen LogP contribution is 2.28. The van der Waals surface area contributed by atoms with Crippen molar-refractivity contribution >= 4 is 11.6 Å². The Hall–Kier alpha value is -0.570. The first kappa shape index (κ1) is 16.3. The van der Waals surface area contributed by atoms with Crippen molar-refractivity contribution in [1.82, 2.24) is 10.2 Å². The summed E-state index contributed by atoms with van der Waals surface area (Å²) in [5, 5.41) is 4.70. The molecule has 0 aromatic heterocycles. The van der Waals surface area contributed by atoms with Crippen LogP contribution >= 0.6 is 11.6 Å². The number of likely N-dealkylation sites (tertiary alicyclic amines) is 1. The topological polar surface area (TPSA) is 15.3 Å². The SMILES string of the molecule is CN1CC(NCC2CCCCC2)CC(c2ccc(Cl)cc2)C1. The van der Waals surface area contributed by atoms with Crippen molar-refractivity contribution in [1.29, 1.82) is 0 Å². The highest BCUT2D eigenvalue weighted by Gasteiger charge is 2.26. The highest BCUT2D eigenvalue weighted by molar-refractivity contribution is 6.30. The lowest BCUT2D eigenvalue weighted by Crippen LogP contribution is -2.48. The molecule has 2 nitrogen and oxygen atoms in total. The third-order valence-electron chi connectivity index (χ3n) is 5.39. The third kappa shape index (κ3) is 4.47. The minimum absolute atomic E-state index is 0.625. The average molecular weight is 321 g/mol. The molecule has 1 saturated heterocycles. The van der Waals surface area contributed by atoms with Crippen LogP contribution in [0.15, 0.2) is 24.3 Å². The van der Waals surface area contributed by atoms with Gasteiger partial charge in [-0.3, -0.25) is 0 Å². The number of piperidine rings is 1. The number of likely N-dealkylation sites (N-methyl/N-ethyl adjacent to an activating group) is 1. The van der Waals surface area contributed by atoms with Gasteiger partial charge in [0.25, 0.3) is 0 Å². The van der Waals surface area contributed by atoms with Crippen molar-refractivity contribution in [2.45, 2.75) is 50.5 Å². The molecule has 22 heavy (non-hydrogen) atoms. The Kier molecular flexibility index (Phi) is 5.78. The summed E-state index contributed by atoms with van der Waals surface area (Å²) in [4.78, 5) is 2.47. The summed E-state index contributed by atoms with van der Waals surface area (Å²) in [5.74, 6) is 1.54. The van der Waals surface area contributed by atoms with E-state index in [2.05, 4.69) is 29.4 Å². The number of nitrogens with one attached hydrogen (secondary N) is 1. The van der Waals surface area contributed by atoms with Crippen molar-refractivity contribution in [3.8, 4) is 0 Å². The van der Waals surface area contributed by atoms with E-state index in [4.69, 9.17) is 11.6 Å². The molecule has 2 aliphatic rings. The van der Waals surface area contributed by atoms with Gasteiger partial charge < -0.3 is 10.2 Å². The van der Waals surface area contributed by atoms with Crippen molar-refractivity contribution in [3.05, 3.63) is 34.9 Å². The van der Waals surface area contributed by atoms with Crippen LogP contribution in [0.3, 0.4) is 0 Å². The molecule has 0 bridgehead atoms. The summed E-state index contributed by atoms with van der Waals surface area (Å²) >= 11 is 6.02. The zero-order chi connectivity index (χ0) is 15.4. The molecular formula is C19H29ClN2. The van der Waals surface area contributed by atoms with E-state index < -0.39 is 0 Å². The Labute approximate surface area is 140 Å². The molecule has 1 aliphatic heterocycles. The molecule has 1 aromatic carbocycles. The number of hydrogen-bond donors (Lipinski definition) is 1. The maximum atomic E-state index is 6.02. The fourth-order valence-corrected chi connectivity index (χ4v) is 4.29. The first-order valence-corrected chi connectivity index (χ1v) is 9.26. The molecule has 122 valence electrons. The Bertz CT molecular complexity index is 453. The van der Waals surface area contributed by atoms with E-state index >= 15 is 0 Å². The molecule has 3 heteroatoms. The van der Waals surface area contributed by atoms with E-state index in [0.717, 1.165) is 17.5 Å². The summed E-state index contributed by atoms with van der Waals surface area (Å²) in [5.41, 5.74) is 1.43. The molecule has 1 aromatic rings. The molecule has 1 saturated carbocycles. The van der Waals surface area contributed by atoms with Gasteiger partial charge in [-0.2, -0.15) is 0 Å². The van der Waals surface area contributed by atoms with E-state index in [0.29, 0.717) is 12.0 Å². The van der Waals surface area contributed by atoms with E-state index in [-0.39, 0.29) is 0 Å². The van der Waals surface area contributed by atoms with Gasteiger partial charge in [0.05, 0.1) is 0 Å². The summed E-state index contributed by atoms with van der Waals surface area (Å²) in [6.45, 7) is 3.55. The molecule has 0 spiro atoms. The van der Waals surface area contributed by atoms with Gasteiger partial charge in [0.2, 0.25) is 0 Å². The lowest BCUT2D eigenvalue weighted by Gasteiger charge is -2.37. The highest BCUT2D eigenvalue weighted by atomic mass is 35.5. The molecule has 1 N–H and O–H groups in total. The maximum Gasteiger partial charge on any atom is 0.0406 e. The smallest absolute Gasteiger partial charge is 0.0406 e. The van der Waals surface area contributed by atoms with E-state index in [1.165, 1.54) is 57.2 Å². The summed E-state index contributed by atoms with van der Waals surface area (Å²) in [7, 11) is 2.25. The van der Waals surface area contributed by atoms with Crippen LogP contribution < -0.4 is 5.32 Å². The predicted octanol–water partition coefficient (Wildman–Crippen LogP) is 4.30. The van der Waals surface area contributed by atoms with Crippen molar-refractivity contribution in [2.75, 3.05) is 26.7 Å². The summed E-state index contributed by atoms with van der Waals surface area (Å²) in [6.07, 6.45) is 8.42. The van der Waals surface area contributed by atoms with Gasteiger partial charge in [0, 0.05) is 24.2 Å². The fraction of sp³-hybridized carbons (Fsp3) is 0.684. The zero-order valence-corrected chi connectivity index (χ0v) is 14.5. The van der Waals surface area contributed by atoms with Crippen LogP contribution in [0.1, 0.15) is 50.0 Å². The molecule has 1 aliphatic carbocycles. The molecule has 2 unspecified atom stereocenters. The van der Waals surface area contributed by atoms with Crippen molar-refractivity contribution in [3.63, 3.8) is 0 Å². The molecule has 2 fully saturated rings. The van der Waals surface area contributed by atoms with Crippen LogP contribution in [0, 0.1) is 5.92 Å². The van der Waals surface area contributed by atoms with Gasteiger partial charge in [0.15, 0.2) is 0 Å². The molecule has 3 rings (SSSR count). The van der Waals surface area contributed by atoms with Crippen LogP contribution in [0.5, 0.6) is 0 Å². The lowest BCUT2D eigenvalue weighted by atomic mass is 9.86. The van der Waals surface area contributed by atoms with Crippen LogP contribution in [0.2, 0.25) is 5.02 Å². The Morgan fingerprint density at radius 3 is 2.55 bits per heavy atom. The largest absolute Gasteiger partial charge is 0.312 e. The normalized spacial score (nSPS) is 27.9. The van der Waals surface area contributed by atoms with Gasteiger partial charge in [0.1, 0.15) is 0 Å². The zero-order valence-electron chi connectivity index (χ0n) is 13.7. The quantitative estimate of drug-likeness (QED) is 0.890. The monoisotopic (exact) mass is 320 g/mol. The minimum Gasteiger partial charge on any atom is -0.312 e. The Morgan fingerprint density at radius 2 is 1.82 bits per heavy atom. The first-order valence-electron chi connectivity index (χ1n) is 8.88. The first-order chi connectivity index (χ1) is 10.7. The second-order valence-corrected chi connectivity index (χ2v) is 7.75.